The van der Waals surface area contributed by atoms with Crippen molar-refractivity contribution in [3.05, 3.63) is 58.3 Å². The summed E-state index contributed by atoms with van der Waals surface area (Å²) in [7, 11) is 1.98. The van der Waals surface area contributed by atoms with Gasteiger partial charge in [0.1, 0.15) is 6.61 Å². The first-order valence-electron chi connectivity index (χ1n) is 8.45. The molecule has 6 heteroatoms. The second kappa shape index (κ2) is 8.27. The number of aliphatic imine (C=N–C) groups is 1. The lowest BCUT2D eigenvalue weighted by atomic mass is 10.1. The van der Waals surface area contributed by atoms with Gasteiger partial charge in [0.25, 0.3) is 0 Å². The molecule has 26 heavy (non-hydrogen) atoms. The summed E-state index contributed by atoms with van der Waals surface area (Å²) >= 11 is 3.53. The number of fused-ring (bicyclic) bond motifs is 1. The Balaban J connectivity index is 1.74. The molecule has 0 saturated carbocycles. The van der Waals surface area contributed by atoms with Crippen LogP contribution in [-0.2, 0) is 6.61 Å². The van der Waals surface area contributed by atoms with Gasteiger partial charge in [-0.05, 0) is 53.5 Å². The Hall–Kier alpha value is -2.47. The molecule has 0 aliphatic rings. The van der Waals surface area contributed by atoms with Crippen molar-refractivity contribution in [2.75, 3.05) is 13.6 Å². The predicted molar refractivity (Wildman–Crippen MR) is 109 cm³/mol. The molecule has 3 aromatic rings. The Morgan fingerprint density at radius 2 is 2.12 bits per heavy atom. The molecule has 2 aromatic heterocycles. The van der Waals surface area contributed by atoms with Crippen LogP contribution in [0.3, 0.4) is 0 Å². The molecule has 0 fully saturated rings. The fraction of sp³-hybridized carbons (Fsp3) is 0.250. The largest absolute Gasteiger partial charge is 0.472 e. The summed E-state index contributed by atoms with van der Waals surface area (Å²) < 4.78 is 6.69. The maximum absolute atomic E-state index is 5.91. The van der Waals surface area contributed by atoms with E-state index in [2.05, 4.69) is 43.9 Å². The molecule has 0 bridgehead atoms. The molecule has 2 heterocycles. The van der Waals surface area contributed by atoms with Crippen LogP contribution < -0.4 is 4.74 Å². The van der Waals surface area contributed by atoms with Crippen LogP contribution in [-0.4, -0.2) is 34.8 Å². The molecule has 0 saturated heterocycles. The molecule has 5 nitrogen and oxygen atoms in total. The minimum absolute atomic E-state index is 0.429. The third-order valence-electron chi connectivity index (χ3n) is 4.05. The normalized spacial score (nSPS) is 11.2. The Kier molecular flexibility index (Phi) is 5.83. The number of hydrogen-bond donors (Lipinski definition) is 0. The van der Waals surface area contributed by atoms with E-state index in [1.807, 2.05) is 49.2 Å². The van der Waals surface area contributed by atoms with Gasteiger partial charge >= 0.3 is 0 Å². The van der Waals surface area contributed by atoms with Gasteiger partial charge in [0, 0.05) is 25.2 Å². The van der Waals surface area contributed by atoms with Gasteiger partial charge in [-0.2, -0.15) is 0 Å². The van der Waals surface area contributed by atoms with Gasteiger partial charge in [0.05, 0.1) is 27.7 Å². The maximum Gasteiger partial charge on any atom is 0.228 e. The molecule has 1 aromatic carbocycles. The van der Waals surface area contributed by atoms with Gasteiger partial charge in [-0.1, -0.05) is 18.2 Å². The smallest absolute Gasteiger partial charge is 0.228 e. The molecule has 3 rings (SSSR count). The van der Waals surface area contributed by atoms with E-state index in [4.69, 9.17) is 4.74 Å². The zero-order valence-electron chi connectivity index (χ0n) is 15.1. The second-order valence-electron chi connectivity index (χ2n) is 6.02. The van der Waals surface area contributed by atoms with E-state index < -0.39 is 0 Å². The third kappa shape index (κ3) is 4.38. The highest BCUT2D eigenvalue weighted by Gasteiger charge is 2.09. The molecule has 0 unspecified atom stereocenters. The van der Waals surface area contributed by atoms with Gasteiger partial charge in [-0.25, -0.2) is 9.98 Å². The molecular formula is C20H21BrN4O. The number of hydrogen-bond acceptors (Lipinski definition) is 4. The average molecular weight is 413 g/mol. The summed E-state index contributed by atoms with van der Waals surface area (Å²) in [6, 6.07) is 12.0. The van der Waals surface area contributed by atoms with Crippen molar-refractivity contribution in [3.63, 3.8) is 0 Å². The highest BCUT2D eigenvalue weighted by atomic mass is 79.9. The Morgan fingerprint density at radius 1 is 1.27 bits per heavy atom. The summed E-state index contributed by atoms with van der Waals surface area (Å²) in [5.41, 5.74) is 3.65. The Morgan fingerprint density at radius 3 is 2.92 bits per heavy atom. The van der Waals surface area contributed by atoms with Crippen LogP contribution in [0.5, 0.6) is 5.88 Å². The molecule has 0 radical (unpaired) electrons. The summed E-state index contributed by atoms with van der Waals surface area (Å²) in [4.78, 5) is 15.4. The fourth-order valence-corrected chi connectivity index (χ4v) is 2.80. The van der Waals surface area contributed by atoms with E-state index in [1.54, 1.807) is 12.5 Å². The summed E-state index contributed by atoms with van der Waals surface area (Å²) in [6.07, 6.45) is 3.60. The zero-order chi connectivity index (χ0) is 18.5. The number of pyridine rings is 2. The Bertz CT molecular complexity index is 942. The highest BCUT2D eigenvalue weighted by molar-refractivity contribution is 9.10. The van der Waals surface area contributed by atoms with Crippen LogP contribution in [0.15, 0.2) is 52.1 Å². The van der Waals surface area contributed by atoms with E-state index in [1.165, 1.54) is 0 Å². The van der Waals surface area contributed by atoms with Gasteiger partial charge in [-0.15, -0.1) is 0 Å². The van der Waals surface area contributed by atoms with Crippen molar-refractivity contribution in [1.82, 2.24) is 14.9 Å². The van der Waals surface area contributed by atoms with Crippen LogP contribution in [0, 0.1) is 6.92 Å². The topological polar surface area (TPSA) is 50.6 Å². The standard InChI is InChI=1S/C20H21BrN4O/c1-4-25(3)13-23-18-11-17(21)20(24-14(18)2)26-12-15-7-8-16-6-5-9-22-19(16)10-15/h5-11,13H,4,12H2,1-3H3. The van der Waals surface area contributed by atoms with Gasteiger partial charge in [-0.3, -0.25) is 4.98 Å². The minimum atomic E-state index is 0.429. The summed E-state index contributed by atoms with van der Waals surface area (Å²) in [6.45, 7) is 5.34. The van der Waals surface area contributed by atoms with E-state index >= 15 is 0 Å². The molecule has 0 spiro atoms. The quantitative estimate of drug-likeness (QED) is 0.427. The molecule has 0 amide bonds. The fourth-order valence-electron chi connectivity index (χ4n) is 2.38. The monoisotopic (exact) mass is 412 g/mol. The van der Waals surface area contributed by atoms with Gasteiger partial charge < -0.3 is 9.64 Å². The Labute approximate surface area is 161 Å². The number of benzene rings is 1. The zero-order valence-corrected chi connectivity index (χ0v) is 16.7. The van der Waals surface area contributed by atoms with E-state index in [0.717, 1.165) is 38.9 Å². The first-order chi connectivity index (χ1) is 12.6. The van der Waals surface area contributed by atoms with Crippen LogP contribution in [0.2, 0.25) is 0 Å². The number of ether oxygens (including phenoxy) is 1. The maximum atomic E-state index is 5.91. The average Bonchev–Trinajstić information content (AvgIpc) is 2.66. The van der Waals surface area contributed by atoms with Crippen molar-refractivity contribution >= 4 is 38.9 Å². The predicted octanol–water partition coefficient (Wildman–Crippen LogP) is 4.89. The van der Waals surface area contributed by atoms with Crippen LogP contribution in [0.25, 0.3) is 10.9 Å². The minimum Gasteiger partial charge on any atom is -0.472 e. The highest BCUT2D eigenvalue weighted by Crippen LogP contribution is 2.30. The summed E-state index contributed by atoms with van der Waals surface area (Å²) in [5.74, 6) is 0.561. The van der Waals surface area contributed by atoms with Gasteiger partial charge in [0.2, 0.25) is 5.88 Å². The van der Waals surface area contributed by atoms with Crippen molar-refractivity contribution in [2.45, 2.75) is 20.5 Å². The molecule has 0 aliphatic carbocycles. The van der Waals surface area contributed by atoms with Gasteiger partial charge in [0.15, 0.2) is 0 Å². The third-order valence-corrected chi connectivity index (χ3v) is 4.61. The molecule has 134 valence electrons. The molecular weight excluding hydrogens is 392 g/mol. The number of aromatic nitrogens is 2. The molecule has 0 atom stereocenters. The first-order valence-corrected chi connectivity index (χ1v) is 9.24. The van der Waals surface area contributed by atoms with Crippen molar-refractivity contribution < 1.29 is 4.74 Å². The number of nitrogens with zero attached hydrogens (tertiary/aromatic N) is 4. The van der Waals surface area contributed by atoms with Crippen molar-refractivity contribution in [1.29, 1.82) is 0 Å². The lowest BCUT2D eigenvalue weighted by Gasteiger charge is -2.11. The molecule has 0 N–H and O–H groups in total. The number of rotatable bonds is 6. The molecule has 0 aliphatic heterocycles. The van der Waals surface area contributed by atoms with Crippen molar-refractivity contribution in [3.8, 4) is 5.88 Å². The number of aryl methyl sites for hydroxylation is 1. The lowest BCUT2D eigenvalue weighted by Crippen LogP contribution is -2.14. The SMILES string of the molecule is CCN(C)C=Nc1cc(Br)c(OCc2ccc3cccnc3c2)nc1C. The van der Waals surface area contributed by atoms with E-state index in [0.29, 0.717) is 12.5 Å². The van der Waals surface area contributed by atoms with E-state index in [-0.39, 0.29) is 0 Å². The first kappa shape index (κ1) is 18.3. The van der Waals surface area contributed by atoms with Crippen molar-refractivity contribution in [2.24, 2.45) is 4.99 Å². The van der Waals surface area contributed by atoms with Crippen LogP contribution in [0.1, 0.15) is 18.2 Å². The number of halogens is 1. The van der Waals surface area contributed by atoms with E-state index in [9.17, 15) is 0 Å². The van der Waals surface area contributed by atoms with Crippen LogP contribution in [0.4, 0.5) is 5.69 Å². The lowest BCUT2D eigenvalue weighted by molar-refractivity contribution is 0.291. The second-order valence-corrected chi connectivity index (χ2v) is 6.87. The summed E-state index contributed by atoms with van der Waals surface area (Å²) in [5, 5.41) is 1.12. The van der Waals surface area contributed by atoms with Crippen LogP contribution >= 0.6 is 15.9 Å².